The summed E-state index contributed by atoms with van der Waals surface area (Å²) < 4.78 is 6.04. The first-order valence-electron chi connectivity index (χ1n) is 7.07. The van der Waals surface area contributed by atoms with Gasteiger partial charge < -0.3 is 9.84 Å². The molecule has 1 fully saturated rings. The molecule has 0 aromatic carbocycles. The molecule has 1 N–H and O–H groups in total. The lowest BCUT2D eigenvalue weighted by atomic mass is 9.70. The van der Waals surface area contributed by atoms with Crippen molar-refractivity contribution in [3.63, 3.8) is 0 Å². The van der Waals surface area contributed by atoms with E-state index < -0.39 is 0 Å². The molecule has 0 bridgehead atoms. The number of ether oxygens (including phenoxy) is 1. The van der Waals surface area contributed by atoms with E-state index in [0.29, 0.717) is 12.0 Å². The summed E-state index contributed by atoms with van der Waals surface area (Å²) in [7, 11) is 0. The Labute approximate surface area is 115 Å². The van der Waals surface area contributed by atoms with Crippen molar-refractivity contribution in [3.05, 3.63) is 23.8 Å². The Balaban J connectivity index is 2.23. The van der Waals surface area contributed by atoms with Crippen molar-refractivity contribution in [3.8, 4) is 0 Å². The molecule has 0 amide bonds. The van der Waals surface area contributed by atoms with E-state index in [1.165, 1.54) is 0 Å². The van der Waals surface area contributed by atoms with Crippen LogP contribution in [0.2, 0.25) is 0 Å². The maximum absolute atomic E-state index is 9.06. The van der Waals surface area contributed by atoms with Gasteiger partial charge in [0, 0.05) is 24.6 Å². The minimum absolute atomic E-state index is 0.0189. The molecule has 1 heterocycles. The minimum Gasteiger partial charge on any atom is -0.392 e. The van der Waals surface area contributed by atoms with Crippen LogP contribution in [0.25, 0.3) is 0 Å². The topological polar surface area (TPSA) is 55.2 Å². The van der Waals surface area contributed by atoms with Gasteiger partial charge in [0.05, 0.1) is 6.61 Å². The maximum Gasteiger partial charge on any atom is 0.160 e. The van der Waals surface area contributed by atoms with Crippen LogP contribution in [0.5, 0.6) is 0 Å². The average Bonchev–Trinajstić information content (AvgIpc) is 2.42. The van der Waals surface area contributed by atoms with E-state index in [1.54, 1.807) is 12.4 Å². The lowest BCUT2D eigenvalue weighted by Gasteiger charge is -2.42. The summed E-state index contributed by atoms with van der Waals surface area (Å²) in [6, 6.07) is 0. The van der Waals surface area contributed by atoms with Gasteiger partial charge in [0.25, 0.3) is 0 Å². The molecule has 1 saturated carbocycles. The molecule has 0 aliphatic heterocycles. The largest absolute Gasteiger partial charge is 0.392 e. The van der Waals surface area contributed by atoms with Crippen molar-refractivity contribution in [2.75, 3.05) is 6.61 Å². The Morgan fingerprint density at radius 3 is 2.21 bits per heavy atom. The highest BCUT2D eigenvalue weighted by atomic mass is 16.5. The van der Waals surface area contributed by atoms with Crippen molar-refractivity contribution in [1.29, 1.82) is 0 Å². The van der Waals surface area contributed by atoms with Gasteiger partial charge in [-0.15, -0.1) is 0 Å². The summed E-state index contributed by atoms with van der Waals surface area (Å²) in [6.07, 6.45) is 7.57. The Morgan fingerprint density at radius 1 is 1.16 bits per heavy atom. The molecule has 106 valence electrons. The molecular weight excluding hydrogens is 240 g/mol. The van der Waals surface area contributed by atoms with E-state index in [4.69, 9.17) is 9.84 Å². The van der Waals surface area contributed by atoms with Gasteiger partial charge in [-0.1, -0.05) is 13.8 Å². The summed E-state index contributed by atoms with van der Waals surface area (Å²) in [4.78, 5) is 8.83. The van der Waals surface area contributed by atoms with E-state index in [9.17, 15) is 0 Å². The zero-order valence-corrected chi connectivity index (χ0v) is 12.1. The molecule has 0 unspecified atom stereocenters. The van der Waals surface area contributed by atoms with Crippen molar-refractivity contribution in [2.45, 2.75) is 58.7 Å². The monoisotopic (exact) mass is 264 g/mol. The average molecular weight is 264 g/mol. The van der Waals surface area contributed by atoms with Crippen LogP contribution in [0.1, 0.15) is 57.8 Å². The predicted octanol–water partition coefficient (Wildman–Crippen LogP) is 2.80. The second-order valence-corrected chi connectivity index (χ2v) is 6.16. The lowest BCUT2D eigenvalue weighted by Crippen LogP contribution is -2.38. The van der Waals surface area contributed by atoms with Crippen molar-refractivity contribution >= 4 is 0 Å². The van der Waals surface area contributed by atoms with Gasteiger partial charge in [0.2, 0.25) is 0 Å². The molecule has 0 radical (unpaired) electrons. The number of hydrogen-bond donors (Lipinski definition) is 1. The molecule has 0 spiro atoms. The molecule has 1 aromatic heterocycles. The first-order chi connectivity index (χ1) is 9.01. The van der Waals surface area contributed by atoms with E-state index in [1.807, 2.05) is 6.92 Å². The van der Waals surface area contributed by atoms with Gasteiger partial charge in [0.15, 0.2) is 5.82 Å². The van der Waals surface area contributed by atoms with Crippen LogP contribution in [0.15, 0.2) is 12.4 Å². The number of nitrogens with zero attached hydrogens (tertiary/aromatic N) is 2. The van der Waals surface area contributed by atoms with Crippen LogP contribution in [-0.2, 0) is 16.9 Å². The molecule has 2 rings (SSSR count). The molecule has 1 aliphatic carbocycles. The van der Waals surface area contributed by atoms with E-state index in [2.05, 4.69) is 23.8 Å². The van der Waals surface area contributed by atoms with Gasteiger partial charge >= 0.3 is 0 Å². The van der Waals surface area contributed by atoms with Crippen LogP contribution in [0.4, 0.5) is 0 Å². The summed E-state index contributed by atoms with van der Waals surface area (Å²) >= 11 is 0. The zero-order valence-electron chi connectivity index (χ0n) is 12.1. The number of aliphatic hydroxyl groups excluding tert-OH is 1. The van der Waals surface area contributed by atoms with E-state index in [0.717, 1.165) is 37.1 Å². The van der Waals surface area contributed by atoms with Crippen LogP contribution in [-0.4, -0.2) is 21.7 Å². The second-order valence-electron chi connectivity index (χ2n) is 6.16. The standard InChI is InChI=1S/C15H24N2O2/c1-4-19-15(7-5-14(2,3)6-8-15)13-16-9-12(11-18)10-17-13/h9-10,18H,4-8,11H2,1-3H3. The van der Waals surface area contributed by atoms with Crippen LogP contribution >= 0.6 is 0 Å². The van der Waals surface area contributed by atoms with Gasteiger partial charge in [-0.25, -0.2) is 9.97 Å². The molecule has 19 heavy (non-hydrogen) atoms. The molecular formula is C15H24N2O2. The lowest BCUT2D eigenvalue weighted by molar-refractivity contribution is -0.0948. The Hall–Kier alpha value is -1.00. The number of hydrogen-bond acceptors (Lipinski definition) is 4. The molecule has 0 atom stereocenters. The molecule has 0 saturated heterocycles. The van der Waals surface area contributed by atoms with Crippen molar-refractivity contribution in [2.24, 2.45) is 5.41 Å². The van der Waals surface area contributed by atoms with Crippen LogP contribution in [0, 0.1) is 5.41 Å². The highest BCUT2D eigenvalue weighted by Gasteiger charge is 2.42. The summed E-state index contributed by atoms with van der Waals surface area (Å²) in [6.45, 7) is 7.28. The fraction of sp³-hybridized carbons (Fsp3) is 0.733. The summed E-state index contributed by atoms with van der Waals surface area (Å²) in [5.74, 6) is 0.766. The third-order valence-corrected chi connectivity index (χ3v) is 4.13. The number of aromatic nitrogens is 2. The normalized spacial score (nSPS) is 21.3. The van der Waals surface area contributed by atoms with Crippen LogP contribution in [0.3, 0.4) is 0 Å². The number of aliphatic hydroxyl groups is 1. The minimum atomic E-state index is -0.335. The van der Waals surface area contributed by atoms with E-state index >= 15 is 0 Å². The smallest absolute Gasteiger partial charge is 0.160 e. The third-order valence-electron chi connectivity index (χ3n) is 4.13. The summed E-state index contributed by atoms with van der Waals surface area (Å²) in [5.41, 5.74) is 0.788. The molecule has 1 aromatic rings. The van der Waals surface area contributed by atoms with Gasteiger partial charge in [-0.3, -0.25) is 0 Å². The van der Waals surface area contributed by atoms with Gasteiger partial charge in [0.1, 0.15) is 5.60 Å². The Morgan fingerprint density at radius 2 is 1.74 bits per heavy atom. The molecule has 4 nitrogen and oxygen atoms in total. The fourth-order valence-corrected chi connectivity index (χ4v) is 2.71. The highest BCUT2D eigenvalue weighted by Crippen LogP contribution is 2.46. The predicted molar refractivity (Wildman–Crippen MR) is 73.5 cm³/mol. The molecule has 1 aliphatic rings. The van der Waals surface area contributed by atoms with Crippen LogP contribution < -0.4 is 0 Å². The third kappa shape index (κ3) is 3.12. The first-order valence-corrected chi connectivity index (χ1v) is 7.07. The zero-order chi connectivity index (χ0) is 13.9. The van der Waals surface area contributed by atoms with Crippen molar-refractivity contribution in [1.82, 2.24) is 9.97 Å². The summed E-state index contributed by atoms with van der Waals surface area (Å²) in [5, 5.41) is 9.06. The van der Waals surface area contributed by atoms with Gasteiger partial charge in [-0.05, 0) is 38.0 Å². The second kappa shape index (κ2) is 5.55. The Bertz CT molecular complexity index is 405. The number of rotatable bonds is 4. The maximum atomic E-state index is 9.06. The fourth-order valence-electron chi connectivity index (χ4n) is 2.71. The first kappa shape index (κ1) is 14.4. The highest BCUT2D eigenvalue weighted by molar-refractivity contribution is 5.10. The van der Waals surface area contributed by atoms with Crippen molar-refractivity contribution < 1.29 is 9.84 Å². The van der Waals surface area contributed by atoms with Gasteiger partial charge in [-0.2, -0.15) is 0 Å². The SMILES string of the molecule is CCOC1(c2ncc(CO)cn2)CCC(C)(C)CC1. The quantitative estimate of drug-likeness (QED) is 0.908. The Kier molecular flexibility index (Phi) is 4.21. The van der Waals surface area contributed by atoms with E-state index in [-0.39, 0.29) is 12.2 Å². The molecule has 4 heteroatoms.